The van der Waals surface area contributed by atoms with Crippen LogP contribution in [-0.2, 0) is 16.0 Å². The smallest absolute Gasteiger partial charge is 0.407 e. The van der Waals surface area contributed by atoms with Gasteiger partial charge in [-0.3, -0.25) is 0 Å². The third kappa shape index (κ3) is 4.81. The van der Waals surface area contributed by atoms with Crippen LogP contribution in [0, 0.1) is 0 Å². The molecule has 7 heteroatoms. The summed E-state index contributed by atoms with van der Waals surface area (Å²) in [5.41, 5.74) is 7.92. The molecular formula is C32H25BrN2O4. The van der Waals surface area contributed by atoms with Gasteiger partial charge in [0.25, 0.3) is 0 Å². The second-order valence-electron chi connectivity index (χ2n) is 9.60. The molecule has 1 heterocycles. The molecule has 0 fully saturated rings. The Hall–Kier alpha value is -4.36. The molecule has 194 valence electrons. The summed E-state index contributed by atoms with van der Waals surface area (Å²) in [7, 11) is 0. The molecular weight excluding hydrogens is 556 g/mol. The topological polar surface area (TPSA) is 91.4 Å². The summed E-state index contributed by atoms with van der Waals surface area (Å²) in [5, 5.41) is 13.6. The first-order chi connectivity index (χ1) is 19.0. The van der Waals surface area contributed by atoms with Crippen LogP contribution < -0.4 is 5.32 Å². The van der Waals surface area contributed by atoms with Gasteiger partial charge >= 0.3 is 12.1 Å². The second kappa shape index (κ2) is 10.4. The maximum atomic E-state index is 12.9. The lowest BCUT2D eigenvalue weighted by Gasteiger charge is -2.18. The van der Waals surface area contributed by atoms with Crippen molar-refractivity contribution >= 4 is 38.9 Å². The summed E-state index contributed by atoms with van der Waals surface area (Å²) in [6.45, 7) is 0.115. The molecule has 1 amide bonds. The normalized spacial score (nSPS) is 13.1. The first kappa shape index (κ1) is 24.9. The zero-order valence-electron chi connectivity index (χ0n) is 20.9. The fourth-order valence-corrected chi connectivity index (χ4v) is 5.73. The minimum absolute atomic E-state index is 0.0922. The molecule has 0 saturated heterocycles. The lowest BCUT2D eigenvalue weighted by atomic mass is 9.98. The highest BCUT2D eigenvalue weighted by atomic mass is 79.9. The highest BCUT2D eigenvalue weighted by molar-refractivity contribution is 9.10. The first-order valence-electron chi connectivity index (χ1n) is 12.7. The maximum Gasteiger partial charge on any atom is 0.407 e. The Kier molecular flexibility index (Phi) is 6.67. The van der Waals surface area contributed by atoms with Gasteiger partial charge in [0.05, 0.1) is 0 Å². The summed E-state index contributed by atoms with van der Waals surface area (Å²) in [6, 6.07) is 30.6. The lowest BCUT2D eigenvalue weighted by Crippen LogP contribution is -2.43. The van der Waals surface area contributed by atoms with Crippen LogP contribution >= 0.6 is 15.9 Å². The quantitative estimate of drug-likeness (QED) is 0.191. The van der Waals surface area contributed by atoms with Crippen LogP contribution in [0.5, 0.6) is 0 Å². The largest absolute Gasteiger partial charge is 0.480 e. The number of alkyl carbamates (subject to hydrolysis) is 1. The van der Waals surface area contributed by atoms with Gasteiger partial charge in [-0.05, 0) is 51.6 Å². The molecule has 1 aliphatic rings. The van der Waals surface area contributed by atoms with Crippen LogP contribution in [0.25, 0.3) is 33.3 Å². The van der Waals surface area contributed by atoms with Gasteiger partial charge in [-0.1, -0.05) is 94.8 Å². The van der Waals surface area contributed by atoms with Gasteiger partial charge in [0.1, 0.15) is 12.6 Å². The van der Waals surface area contributed by atoms with Gasteiger partial charge in [-0.2, -0.15) is 0 Å². The van der Waals surface area contributed by atoms with Gasteiger partial charge in [0.2, 0.25) is 0 Å². The molecule has 0 aliphatic heterocycles. The molecule has 0 saturated carbocycles. The van der Waals surface area contributed by atoms with Crippen LogP contribution in [0.4, 0.5) is 4.79 Å². The second-order valence-corrected chi connectivity index (χ2v) is 10.5. The third-order valence-electron chi connectivity index (χ3n) is 7.29. The average Bonchev–Trinajstić information content (AvgIpc) is 3.47. The molecule has 5 aromatic rings. The van der Waals surface area contributed by atoms with Crippen molar-refractivity contribution in [1.82, 2.24) is 10.3 Å². The van der Waals surface area contributed by atoms with Gasteiger partial charge in [-0.15, -0.1) is 0 Å². The number of carboxylic acids is 1. The number of halogens is 1. The molecule has 0 spiro atoms. The highest BCUT2D eigenvalue weighted by Gasteiger charge is 2.30. The standard InChI is InChI=1S/C32H25BrN2O4/c33-20-15-13-19(14-16-20)30-26(25-11-5-6-12-28(25)34-30)17-29(31(36)37)35-32(38)39-18-27-23-9-3-1-7-21(23)22-8-2-4-10-24(22)27/h1-16,27,29,34H,17-18H2,(H,35,38)(H,36,37). The molecule has 3 N–H and O–H groups in total. The van der Waals surface area contributed by atoms with Gasteiger partial charge < -0.3 is 20.1 Å². The van der Waals surface area contributed by atoms with E-state index >= 15 is 0 Å². The van der Waals surface area contributed by atoms with Crippen molar-refractivity contribution < 1.29 is 19.4 Å². The number of aromatic nitrogens is 1. The van der Waals surface area contributed by atoms with E-state index in [4.69, 9.17) is 4.74 Å². The van der Waals surface area contributed by atoms with Crippen molar-refractivity contribution in [1.29, 1.82) is 0 Å². The number of aromatic amines is 1. The number of carbonyl (C=O) groups excluding carboxylic acids is 1. The Morgan fingerprint density at radius 2 is 1.49 bits per heavy atom. The Labute approximate surface area is 233 Å². The van der Waals surface area contributed by atoms with Gasteiger partial charge in [0.15, 0.2) is 0 Å². The number of benzene rings is 4. The van der Waals surface area contributed by atoms with E-state index in [-0.39, 0.29) is 18.9 Å². The Bertz CT molecular complexity index is 1650. The number of carboxylic acid groups (broad SMARTS) is 1. The van der Waals surface area contributed by atoms with Crippen LogP contribution in [0.3, 0.4) is 0 Å². The number of hydrogen-bond donors (Lipinski definition) is 3. The van der Waals surface area contributed by atoms with Crippen molar-refractivity contribution in [3.63, 3.8) is 0 Å². The number of aliphatic carboxylic acids is 1. The van der Waals surface area contributed by atoms with E-state index in [0.29, 0.717) is 0 Å². The molecule has 1 aromatic heterocycles. The van der Waals surface area contributed by atoms with Crippen molar-refractivity contribution in [3.05, 3.63) is 118 Å². The highest BCUT2D eigenvalue weighted by Crippen LogP contribution is 2.44. The SMILES string of the molecule is O=C(NC(Cc1c(-c2ccc(Br)cc2)[nH]c2ccccc12)C(=O)O)OCC1c2ccccc2-c2ccccc21. The predicted molar refractivity (Wildman–Crippen MR) is 155 cm³/mol. The predicted octanol–water partition coefficient (Wildman–Crippen LogP) is 7.13. The Morgan fingerprint density at radius 1 is 0.872 bits per heavy atom. The van der Waals surface area contributed by atoms with Crippen LogP contribution in [-0.4, -0.2) is 34.8 Å². The zero-order chi connectivity index (χ0) is 26.9. The van der Waals surface area contributed by atoms with Crippen molar-refractivity contribution in [2.45, 2.75) is 18.4 Å². The van der Waals surface area contributed by atoms with Crippen LogP contribution in [0.1, 0.15) is 22.6 Å². The fourth-order valence-electron chi connectivity index (χ4n) is 5.46. The molecule has 1 unspecified atom stereocenters. The first-order valence-corrected chi connectivity index (χ1v) is 13.5. The molecule has 6 rings (SSSR count). The summed E-state index contributed by atoms with van der Waals surface area (Å²) in [4.78, 5) is 28.6. The Balaban J connectivity index is 1.22. The number of rotatable bonds is 7. The number of fused-ring (bicyclic) bond motifs is 4. The molecule has 6 nitrogen and oxygen atoms in total. The molecule has 39 heavy (non-hydrogen) atoms. The summed E-state index contributed by atoms with van der Waals surface area (Å²) in [5.74, 6) is -1.24. The van der Waals surface area contributed by atoms with E-state index in [9.17, 15) is 14.7 Å². The van der Waals surface area contributed by atoms with E-state index in [2.05, 4.69) is 38.4 Å². The van der Waals surface area contributed by atoms with E-state index in [1.165, 1.54) is 0 Å². The minimum Gasteiger partial charge on any atom is -0.480 e. The molecule has 1 atom stereocenters. The number of amides is 1. The monoisotopic (exact) mass is 580 g/mol. The van der Waals surface area contributed by atoms with Crippen LogP contribution in [0.15, 0.2) is 102 Å². The number of ether oxygens (including phenoxy) is 1. The Morgan fingerprint density at radius 3 is 2.15 bits per heavy atom. The number of carbonyl (C=O) groups is 2. The van der Waals surface area contributed by atoms with Gasteiger partial charge in [0, 0.05) is 33.4 Å². The summed E-state index contributed by atoms with van der Waals surface area (Å²) < 4.78 is 6.58. The molecule has 1 aliphatic carbocycles. The van der Waals surface area contributed by atoms with Crippen molar-refractivity contribution in [3.8, 4) is 22.4 Å². The zero-order valence-corrected chi connectivity index (χ0v) is 22.4. The molecule has 4 aromatic carbocycles. The average molecular weight is 581 g/mol. The number of hydrogen-bond acceptors (Lipinski definition) is 3. The molecule has 0 bridgehead atoms. The summed E-state index contributed by atoms with van der Waals surface area (Å²) in [6.07, 6.45) is -0.663. The number of nitrogens with one attached hydrogen (secondary N) is 2. The van der Waals surface area contributed by atoms with Crippen molar-refractivity contribution in [2.24, 2.45) is 0 Å². The fraction of sp³-hybridized carbons (Fsp3) is 0.125. The lowest BCUT2D eigenvalue weighted by molar-refractivity contribution is -0.139. The van der Waals surface area contributed by atoms with Gasteiger partial charge in [-0.25, -0.2) is 9.59 Å². The van der Waals surface area contributed by atoms with Crippen LogP contribution in [0.2, 0.25) is 0 Å². The number of H-pyrrole nitrogens is 1. The van der Waals surface area contributed by atoms with E-state index in [1.54, 1.807) is 0 Å². The van der Waals surface area contributed by atoms with E-state index in [0.717, 1.165) is 54.5 Å². The minimum atomic E-state index is -1.17. The van der Waals surface area contributed by atoms with E-state index in [1.807, 2.05) is 84.9 Å². The summed E-state index contributed by atoms with van der Waals surface area (Å²) >= 11 is 3.47. The number of para-hydroxylation sites is 1. The molecule has 0 radical (unpaired) electrons. The van der Waals surface area contributed by atoms with E-state index < -0.39 is 18.1 Å². The third-order valence-corrected chi connectivity index (χ3v) is 7.82. The van der Waals surface area contributed by atoms with Crippen molar-refractivity contribution in [2.75, 3.05) is 6.61 Å². The maximum absolute atomic E-state index is 12.9.